The standard InChI is InChI=1S/C17H21N5O2/c1-12-4-6-14(7-5-12)17-21-20-16(24-17)13(2)19-15-10-18-22(11-15)8-9-23-3/h4-7,10-11,13,19H,8-9H2,1-3H3/t13-/m0/s1. The minimum Gasteiger partial charge on any atom is -0.418 e. The van der Waals surface area contributed by atoms with Crippen LogP contribution in [-0.2, 0) is 11.3 Å². The number of benzene rings is 1. The Kier molecular flexibility index (Phi) is 4.90. The Morgan fingerprint density at radius 3 is 2.79 bits per heavy atom. The van der Waals surface area contributed by atoms with Crippen molar-refractivity contribution in [3.8, 4) is 11.5 Å². The van der Waals surface area contributed by atoms with E-state index in [0.717, 1.165) is 11.3 Å². The number of aryl methyl sites for hydroxylation is 1. The third-order valence-corrected chi connectivity index (χ3v) is 3.65. The molecule has 1 atom stereocenters. The molecule has 0 unspecified atom stereocenters. The lowest BCUT2D eigenvalue weighted by atomic mass is 10.1. The number of methoxy groups -OCH3 is 1. The first-order chi connectivity index (χ1) is 11.7. The summed E-state index contributed by atoms with van der Waals surface area (Å²) in [5.41, 5.74) is 3.01. The van der Waals surface area contributed by atoms with Gasteiger partial charge in [0.05, 0.1) is 25.0 Å². The highest BCUT2D eigenvalue weighted by molar-refractivity contribution is 5.53. The molecule has 0 amide bonds. The molecule has 7 heteroatoms. The van der Waals surface area contributed by atoms with E-state index in [1.54, 1.807) is 13.3 Å². The summed E-state index contributed by atoms with van der Waals surface area (Å²) in [5.74, 6) is 1.06. The molecule has 0 saturated carbocycles. The molecule has 0 fully saturated rings. The van der Waals surface area contributed by atoms with E-state index in [2.05, 4.69) is 20.6 Å². The molecule has 0 radical (unpaired) electrons. The van der Waals surface area contributed by atoms with Crippen molar-refractivity contribution in [2.75, 3.05) is 19.0 Å². The zero-order chi connectivity index (χ0) is 16.9. The van der Waals surface area contributed by atoms with Gasteiger partial charge in [-0.05, 0) is 26.0 Å². The van der Waals surface area contributed by atoms with Crippen molar-refractivity contribution < 1.29 is 9.15 Å². The van der Waals surface area contributed by atoms with Crippen molar-refractivity contribution >= 4 is 5.69 Å². The molecule has 126 valence electrons. The van der Waals surface area contributed by atoms with Crippen LogP contribution in [0.1, 0.15) is 24.4 Å². The average molecular weight is 327 g/mol. The molecule has 1 aromatic carbocycles. The van der Waals surface area contributed by atoms with Gasteiger partial charge in [-0.3, -0.25) is 4.68 Å². The summed E-state index contributed by atoms with van der Waals surface area (Å²) >= 11 is 0. The summed E-state index contributed by atoms with van der Waals surface area (Å²) in [6, 6.07) is 7.89. The Morgan fingerprint density at radius 2 is 2.04 bits per heavy atom. The van der Waals surface area contributed by atoms with E-state index in [0.29, 0.717) is 24.9 Å². The van der Waals surface area contributed by atoms with Gasteiger partial charge in [0.25, 0.3) is 0 Å². The Balaban J connectivity index is 1.66. The van der Waals surface area contributed by atoms with Crippen LogP contribution in [0.25, 0.3) is 11.5 Å². The third-order valence-electron chi connectivity index (χ3n) is 3.65. The van der Waals surface area contributed by atoms with Gasteiger partial charge in [0, 0.05) is 18.9 Å². The van der Waals surface area contributed by atoms with Gasteiger partial charge in [-0.25, -0.2) is 0 Å². The van der Waals surface area contributed by atoms with Crippen LogP contribution < -0.4 is 5.32 Å². The van der Waals surface area contributed by atoms with E-state index < -0.39 is 0 Å². The number of ether oxygens (including phenoxy) is 1. The van der Waals surface area contributed by atoms with Crippen LogP contribution in [0.3, 0.4) is 0 Å². The first-order valence-corrected chi connectivity index (χ1v) is 7.84. The van der Waals surface area contributed by atoms with E-state index in [1.165, 1.54) is 5.56 Å². The molecule has 3 rings (SSSR count). The van der Waals surface area contributed by atoms with Gasteiger partial charge in [-0.15, -0.1) is 10.2 Å². The summed E-state index contributed by atoms with van der Waals surface area (Å²) < 4.78 is 12.6. The van der Waals surface area contributed by atoms with Crippen LogP contribution >= 0.6 is 0 Å². The lowest BCUT2D eigenvalue weighted by Crippen LogP contribution is -2.07. The van der Waals surface area contributed by atoms with Crippen LogP contribution in [0.4, 0.5) is 5.69 Å². The number of nitrogens with zero attached hydrogens (tertiary/aromatic N) is 4. The van der Waals surface area contributed by atoms with Gasteiger partial charge in [-0.1, -0.05) is 17.7 Å². The second-order valence-electron chi connectivity index (χ2n) is 5.66. The number of rotatable bonds is 7. The van der Waals surface area contributed by atoms with Gasteiger partial charge in [-0.2, -0.15) is 5.10 Å². The highest BCUT2D eigenvalue weighted by Gasteiger charge is 2.15. The molecule has 0 aliphatic heterocycles. The second kappa shape index (κ2) is 7.27. The van der Waals surface area contributed by atoms with Crippen LogP contribution in [0, 0.1) is 6.92 Å². The molecule has 2 heterocycles. The minimum atomic E-state index is -0.114. The number of anilines is 1. The third kappa shape index (κ3) is 3.80. The van der Waals surface area contributed by atoms with E-state index in [4.69, 9.17) is 9.15 Å². The van der Waals surface area contributed by atoms with Crippen molar-refractivity contribution in [3.05, 3.63) is 48.1 Å². The van der Waals surface area contributed by atoms with Crippen LogP contribution in [0.15, 0.2) is 41.1 Å². The summed E-state index contributed by atoms with van der Waals surface area (Å²) in [6.07, 6.45) is 3.69. The van der Waals surface area contributed by atoms with E-state index in [1.807, 2.05) is 49.0 Å². The Bertz CT molecular complexity index is 778. The van der Waals surface area contributed by atoms with Crippen LogP contribution in [0.5, 0.6) is 0 Å². The maximum atomic E-state index is 5.78. The lowest BCUT2D eigenvalue weighted by molar-refractivity contribution is 0.183. The van der Waals surface area contributed by atoms with Gasteiger partial charge in [0.1, 0.15) is 6.04 Å². The highest BCUT2D eigenvalue weighted by atomic mass is 16.5. The molecule has 0 saturated heterocycles. The molecule has 0 bridgehead atoms. The van der Waals surface area contributed by atoms with E-state index in [9.17, 15) is 0 Å². The first kappa shape index (κ1) is 16.2. The predicted octanol–water partition coefficient (Wildman–Crippen LogP) is 3.06. The maximum Gasteiger partial charge on any atom is 0.247 e. The number of hydrogen-bond acceptors (Lipinski definition) is 6. The molecule has 3 aromatic rings. The van der Waals surface area contributed by atoms with Crippen molar-refractivity contribution in [2.45, 2.75) is 26.4 Å². The molecule has 0 spiro atoms. The maximum absolute atomic E-state index is 5.78. The molecule has 7 nitrogen and oxygen atoms in total. The molecular weight excluding hydrogens is 306 g/mol. The van der Waals surface area contributed by atoms with Crippen molar-refractivity contribution in [3.63, 3.8) is 0 Å². The Labute approximate surface area is 140 Å². The average Bonchev–Trinajstić information content (AvgIpc) is 3.23. The fourth-order valence-corrected chi connectivity index (χ4v) is 2.28. The van der Waals surface area contributed by atoms with E-state index in [-0.39, 0.29) is 6.04 Å². The molecular formula is C17H21N5O2. The summed E-state index contributed by atoms with van der Waals surface area (Å²) in [7, 11) is 1.67. The van der Waals surface area contributed by atoms with Gasteiger partial charge < -0.3 is 14.5 Å². The van der Waals surface area contributed by atoms with Crippen LogP contribution in [0.2, 0.25) is 0 Å². The number of hydrogen-bond donors (Lipinski definition) is 1. The smallest absolute Gasteiger partial charge is 0.247 e. The van der Waals surface area contributed by atoms with Gasteiger partial charge in [0.15, 0.2) is 0 Å². The van der Waals surface area contributed by atoms with Gasteiger partial charge in [0.2, 0.25) is 11.8 Å². The molecule has 0 aliphatic carbocycles. The first-order valence-electron chi connectivity index (χ1n) is 7.84. The zero-order valence-corrected chi connectivity index (χ0v) is 14.1. The fraction of sp³-hybridized carbons (Fsp3) is 0.353. The van der Waals surface area contributed by atoms with Gasteiger partial charge >= 0.3 is 0 Å². The summed E-state index contributed by atoms with van der Waals surface area (Å²) in [5, 5.41) is 15.8. The van der Waals surface area contributed by atoms with Crippen molar-refractivity contribution in [1.82, 2.24) is 20.0 Å². The Morgan fingerprint density at radius 1 is 1.25 bits per heavy atom. The predicted molar refractivity (Wildman–Crippen MR) is 90.6 cm³/mol. The molecule has 1 N–H and O–H groups in total. The largest absolute Gasteiger partial charge is 0.418 e. The zero-order valence-electron chi connectivity index (χ0n) is 14.1. The summed E-state index contributed by atoms with van der Waals surface area (Å²) in [6.45, 7) is 5.35. The summed E-state index contributed by atoms with van der Waals surface area (Å²) in [4.78, 5) is 0. The quantitative estimate of drug-likeness (QED) is 0.718. The minimum absolute atomic E-state index is 0.114. The molecule has 24 heavy (non-hydrogen) atoms. The lowest BCUT2D eigenvalue weighted by Gasteiger charge is -2.08. The topological polar surface area (TPSA) is 78.0 Å². The van der Waals surface area contributed by atoms with Crippen LogP contribution in [-0.4, -0.2) is 33.7 Å². The second-order valence-corrected chi connectivity index (χ2v) is 5.66. The highest BCUT2D eigenvalue weighted by Crippen LogP contribution is 2.23. The Hall–Kier alpha value is -2.67. The molecule has 0 aliphatic rings. The van der Waals surface area contributed by atoms with E-state index >= 15 is 0 Å². The molecule has 2 aromatic heterocycles. The fourth-order valence-electron chi connectivity index (χ4n) is 2.28. The normalized spacial score (nSPS) is 12.3. The SMILES string of the molecule is COCCn1cc(N[C@@H](C)c2nnc(-c3ccc(C)cc3)o2)cn1. The van der Waals surface area contributed by atoms with Crippen molar-refractivity contribution in [1.29, 1.82) is 0 Å². The van der Waals surface area contributed by atoms with Crippen molar-refractivity contribution in [2.24, 2.45) is 0 Å². The number of nitrogens with one attached hydrogen (secondary N) is 1. The monoisotopic (exact) mass is 327 g/mol. The number of aromatic nitrogens is 4.